The summed E-state index contributed by atoms with van der Waals surface area (Å²) < 4.78 is 5.65. The summed E-state index contributed by atoms with van der Waals surface area (Å²) in [5.41, 5.74) is 4.82. The number of fused-ring (bicyclic) bond motifs is 3. The molecule has 0 spiro atoms. The number of rotatable bonds is 7. The van der Waals surface area contributed by atoms with Crippen molar-refractivity contribution in [3.63, 3.8) is 0 Å². The third kappa shape index (κ3) is 5.14. The molecule has 2 aliphatic carbocycles. The molecule has 0 aliphatic heterocycles. The van der Waals surface area contributed by atoms with E-state index in [2.05, 4.69) is 34.9 Å². The van der Waals surface area contributed by atoms with Crippen molar-refractivity contribution in [2.24, 2.45) is 5.92 Å². The Kier molecular flexibility index (Phi) is 7.30. The van der Waals surface area contributed by atoms with Crippen molar-refractivity contribution in [1.29, 1.82) is 0 Å². The van der Waals surface area contributed by atoms with Crippen LogP contribution in [0.25, 0.3) is 11.1 Å². The van der Waals surface area contributed by atoms with Crippen LogP contribution in [0.15, 0.2) is 60.2 Å². The highest BCUT2D eigenvalue weighted by Gasteiger charge is 2.33. The number of carboxylic acids is 1. The number of hydrogen-bond acceptors (Lipinski definition) is 4. The van der Waals surface area contributed by atoms with Gasteiger partial charge in [0.2, 0.25) is 5.91 Å². The summed E-state index contributed by atoms with van der Waals surface area (Å²) in [5.74, 6) is -1.58. The molecule has 2 unspecified atom stereocenters. The first-order chi connectivity index (χ1) is 16.5. The fourth-order valence-electron chi connectivity index (χ4n) is 4.93. The molecule has 34 heavy (non-hydrogen) atoms. The van der Waals surface area contributed by atoms with Gasteiger partial charge in [0.05, 0.1) is 5.92 Å². The van der Waals surface area contributed by atoms with Crippen LogP contribution in [-0.2, 0) is 14.3 Å². The summed E-state index contributed by atoms with van der Waals surface area (Å²) in [6.07, 6.45) is 4.15. The number of hydrogen-bond donors (Lipinski definition) is 3. The lowest BCUT2D eigenvalue weighted by atomic mass is 9.84. The first-order valence-corrected chi connectivity index (χ1v) is 11.7. The van der Waals surface area contributed by atoms with Crippen molar-refractivity contribution >= 4 is 18.0 Å². The topological polar surface area (TPSA) is 105 Å². The average molecular weight is 463 g/mol. The van der Waals surface area contributed by atoms with Gasteiger partial charge in [-0.2, -0.15) is 0 Å². The molecule has 0 aromatic heterocycles. The normalized spacial score (nSPS) is 19.6. The molecule has 0 radical (unpaired) electrons. The summed E-state index contributed by atoms with van der Waals surface area (Å²) >= 11 is 0. The lowest BCUT2D eigenvalue weighted by molar-refractivity contribution is -0.132. The maximum atomic E-state index is 12.7. The molecule has 4 rings (SSSR count). The smallest absolute Gasteiger partial charge is 0.407 e. The van der Waals surface area contributed by atoms with Gasteiger partial charge in [0.15, 0.2) is 0 Å². The van der Waals surface area contributed by atoms with Crippen LogP contribution in [0.5, 0.6) is 0 Å². The van der Waals surface area contributed by atoms with Gasteiger partial charge in [-0.05, 0) is 42.0 Å². The van der Waals surface area contributed by atoms with Crippen LogP contribution >= 0.6 is 0 Å². The van der Waals surface area contributed by atoms with Crippen LogP contribution in [0.2, 0.25) is 0 Å². The van der Waals surface area contributed by atoms with Gasteiger partial charge >= 0.3 is 12.1 Å². The number of alkyl carbamates (subject to hydrolysis) is 1. The molecule has 0 bridgehead atoms. The number of ether oxygens (including phenoxy) is 1. The lowest BCUT2D eigenvalue weighted by Crippen LogP contribution is -2.48. The van der Waals surface area contributed by atoms with Gasteiger partial charge < -0.3 is 20.5 Å². The van der Waals surface area contributed by atoms with E-state index in [1.165, 1.54) is 24.1 Å². The monoisotopic (exact) mass is 462 g/mol. The minimum atomic E-state index is -1.01. The minimum Gasteiger partial charge on any atom is -0.478 e. The molecule has 0 heterocycles. The SMILES string of the molecule is C/C(=C\CNC(=O)C1CCCCC1NC(=O)OCC1c2ccccc2-c2ccccc21)C(=O)O. The van der Waals surface area contributed by atoms with Gasteiger partial charge in [-0.1, -0.05) is 67.4 Å². The predicted molar refractivity (Wildman–Crippen MR) is 128 cm³/mol. The molecule has 2 aromatic rings. The molecular weight excluding hydrogens is 432 g/mol. The van der Waals surface area contributed by atoms with Crippen LogP contribution in [0.1, 0.15) is 49.7 Å². The number of amides is 2. The molecule has 2 aromatic carbocycles. The summed E-state index contributed by atoms with van der Waals surface area (Å²) in [4.78, 5) is 36.3. The average Bonchev–Trinajstić information content (AvgIpc) is 3.16. The summed E-state index contributed by atoms with van der Waals surface area (Å²) in [6, 6.07) is 16.0. The van der Waals surface area contributed by atoms with Crippen molar-refractivity contribution in [3.05, 3.63) is 71.3 Å². The highest BCUT2D eigenvalue weighted by Crippen LogP contribution is 2.44. The van der Waals surface area contributed by atoms with Crippen LogP contribution in [0, 0.1) is 5.92 Å². The summed E-state index contributed by atoms with van der Waals surface area (Å²) in [6.45, 7) is 1.85. The molecule has 2 aliphatic rings. The molecular formula is C27H30N2O5. The van der Waals surface area contributed by atoms with E-state index in [1.807, 2.05) is 24.3 Å². The second-order valence-electron chi connectivity index (χ2n) is 8.90. The highest BCUT2D eigenvalue weighted by molar-refractivity contribution is 5.86. The zero-order chi connectivity index (χ0) is 24.1. The standard InChI is InChI=1S/C27H30N2O5/c1-17(26(31)32)14-15-28-25(30)22-12-6-7-13-24(22)29-27(33)34-16-23-20-10-4-2-8-18(20)19-9-3-5-11-21(19)23/h2-5,8-11,14,22-24H,6-7,12-13,15-16H2,1H3,(H,28,30)(H,29,33)(H,31,32)/b17-14+. The van der Waals surface area contributed by atoms with E-state index in [0.717, 1.165) is 24.0 Å². The molecule has 178 valence electrons. The molecule has 2 amide bonds. The maximum Gasteiger partial charge on any atom is 0.407 e. The minimum absolute atomic E-state index is 0.0205. The fourth-order valence-corrected chi connectivity index (χ4v) is 4.93. The molecule has 1 fully saturated rings. The van der Waals surface area contributed by atoms with Crippen molar-refractivity contribution in [2.45, 2.75) is 44.6 Å². The third-order valence-corrected chi connectivity index (χ3v) is 6.77. The zero-order valence-electron chi connectivity index (χ0n) is 19.3. The van der Waals surface area contributed by atoms with Crippen LogP contribution in [0.3, 0.4) is 0 Å². The van der Waals surface area contributed by atoms with E-state index in [1.54, 1.807) is 0 Å². The predicted octanol–water partition coefficient (Wildman–Crippen LogP) is 4.23. The van der Waals surface area contributed by atoms with E-state index < -0.39 is 12.1 Å². The second kappa shape index (κ2) is 10.5. The first-order valence-electron chi connectivity index (χ1n) is 11.7. The molecule has 0 saturated heterocycles. The first kappa shape index (κ1) is 23.5. The van der Waals surface area contributed by atoms with E-state index in [0.29, 0.717) is 12.8 Å². The highest BCUT2D eigenvalue weighted by atomic mass is 16.5. The van der Waals surface area contributed by atoms with Gasteiger partial charge in [0.1, 0.15) is 6.61 Å². The second-order valence-corrected chi connectivity index (χ2v) is 8.90. The zero-order valence-corrected chi connectivity index (χ0v) is 19.3. The quantitative estimate of drug-likeness (QED) is 0.534. The van der Waals surface area contributed by atoms with Crippen molar-refractivity contribution < 1.29 is 24.2 Å². The Morgan fingerprint density at radius 3 is 2.26 bits per heavy atom. The maximum absolute atomic E-state index is 12.7. The Morgan fingerprint density at radius 1 is 1.00 bits per heavy atom. The molecule has 7 nitrogen and oxygen atoms in total. The van der Waals surface area contributed by atoms with E-state index in [4.69, 9.17) is 9.84 Å². The Balaban J connectivity index is 1.35. The van der Waals surface area contributed by atoms with Crippen LogP contribution < -0.4 is 10.6 Å². The Hall–Kier alpha value is -3.61. The van der Waals surface area contributed by atoms with Crippen LogP contribution in [0.4, 0.5) is 4.79 Å². The number of carbonyl (C=O) groups is 3. The molecule has 2 atom stereocenters. The van der Waals surface area contributed by atoms with Gasteiger partial charge in [-0.3, -0.25) is 4.79 Å². The molecule has 1 saturated carbocycles. The number of nitrogens with one attached hydrogen (secondary N) is 2. The van der Waals surface area contributed by atoms with E-state index in [9.17, 15) is 14.4 Å². The number of carboxylic acid groups (broad SMARTS) is 1. The summed E-state index contributed by atoms with van der Waals surface area (Å²) in [7, 11) is 0. The Labute approximate surface area is 199 Å². The van der Waals surface area contributed by atoms with Gasteiger partial charge in [0.25, 0.3) is 0 Å². The molecule has 3 N–H and O–H groups in total. The Morgan fingerprint density at radius 2 is 1.62 bits per heavy atom. The van der Waals surface area contributed by atoms with Crippen molar-refractivity contribution in [1.82, 2.24) is 10.6 Å². The van der Waals surface area contributed by atoms with E-state index >= 15 is 0 Å². The van der Waals surface area contributed by atoms with Gasteiger partial charge in [0, 0.05) is 24.1 Å². The van der Waals surface area contributed by atoms with Crippen molar-refractivity contribution in [3.8, 4) is 11.1 Å². The number of aliphatic carboxylic acids is 1. The fraction of sp³-hybridized carbons (Fsp3) is 0.370. The lowest BCUT2D eigenvalue weighted by Gasteiger charge is -2.31. The van der Waals surface area contributed by atoms with E-state index in [-0.39, 0.29) is 42.5 Å². The summed E-state index contributed by atoms with van der Waals surface area (Å²) in [5, 5.41) is 14.6. The van der Waals surface area contributed by atoms with Gasteiger partial charge in [-0.15, -0.1) is 0 Å². The largest absolute Gasteiger partial charge is 0.478 e. The number of carbonyl (C=O) groups excluding carboxylic acids is 2. The van der Waals surface area contributed by atoms with Crippen molar-refractivity contribution in [2.75, 3.05) is 13.2 Å². The van der Waals surface area contributed by atoms with Crippen LogP contribution in [-0.4, -0.2) is 42.3 Å². The third-order valence-electron chi connectivity index (χ3n) is 6.77. The van der Waals surface area contributed by atoms with Gasteiger partial charge in [-0.25, -0.2) is 9.59 Å². The number of benzene rings is 2. The molecule has 7 heteroatoms. The Bertz CT molecular complexity index is 1060.